The monoisotopic (exact) mass is 571 g/mol. The number of esters is 2. The fraction of sp³-hybridized carbons (Fsp3) is 0.357. The summed E-state index contributed by atoms with van der Waals surface area (Å²) in [5.41, 5.74) is 2.60. The van der Waals surface area contributed by atoms with Gasteiger partial charge in [-0.05, 0) is 50.1 Å². The Morgan fingerprint density at radius 1 is 1.05 bits per heavy atom. The van der Waals surface area contributed by atoms with E-state index in [4.69, 9.17) is 14.2 Å². The van der Waals surface area contributed by atoms with Crippen molar-refractivity contribution in [2.45, 2.75) is 30.0 Å². The van der Waals surface area contributed by atoms with E-state index in [1.54, 1.807) is 32.2 Å². The Kier molecular flexibility index (Phi) is 11.5. The van der Waals surface area contributed by atoms with Crippen LogP contribution in [0.25, 0.3) is 0 Å². The van der Waals surface area contributed by atoms with E-state index in [9.17, 15) is 14.4 Å². The Hall–Kier alpha value is -3.28. The number of ether oxygens (including phenoxy) is 3. The second kappa shape index (κ2) is 14.8. The minimum Gasteiger partial charge on any atom is -0.463 e. The number of aromatic nitrogens is 1. The first-order valence-corrected chi connectivity index (χ1v) is 14.8. The number of hydrogen-bond donors (Lipinski definition) is 2. The third kappa shape index (κ3) is 7.23. The van der Waals surface area contributed by atoms with Crippen LogP contribution in [0.1, 0.15) is 35.7 Å². The Bertz CT molecular complexity index is 1250. The molecular weight excluding hydrogens is 538 g/mol. The van der Waals surface area contributed by atoms with Gasteiger partial charge in [0, 0.05) is 30.1 Å². The quantitative estimate of drug-likeness (QED) is 0.168. The molecule has 9 nitrogen and oxygen atoms in total. The predicted octanol–water partition coefficient (Wildman–Crippen LogP) is 3.89. The van der Waals surface area contributed by atoms with Crippen molar-refractivity contribution in [3.63, 3.8) is 0 Å². The number of pyridine rings is 1. The third-order valence-corrected chi connectivity index (χ3v) is 7.60. The molecule has 2 atom stereocenters. The highest BCUT2D eigenvalue weighted by Crippen LogP contribution is 2.43. The van der Waals surface area contributed by atoms with Crippen molar-refractivity contribution in [1.82, 2.24) is 15.6 Å². The standard InChI is InChI=1S/C28H33N3O6S2/c1-6-36-28(34)23-22(19-11-7-8-12-20(19)38-4)21(27(33)37-15-14-35-3)17(2)30-24(23)26(39-5)31-25(32)18-10-9-13-29-16-18/h7-13,16,22,26,30H,6,14-15H2,1-5H3,(H,31,32). The van der Waals surface area contributed by atoms with Crippen LogP contribution in [0.15, 0.2) is 76.2 Å². The van der Waals surface area contributed by atoms with Crippen LogP contribution in [0.3, 0.4) is 0 Å². The van der Waals surface area contributed by atoms with Gasteiger partial charge in [0.25, 0.3) is 5.91 Å². The summed E-state index contributed by atoms with van der Waals surface area (Å²) >= 11 is 2.84. The van der Waals surface area contributed by atoms with E-state index in [2.05, 4.69) is 15.6 Å². The molecular formula is C28H33N3O6S2. The normalized spacial score (nSPS) is 15.9. The molecule has 0 aliphatic carbocycles. The average Bonchev–Trinajstić information content (AvgIpc) is 2.95. The molecule has 208 valence electrons. The highest BCUT2D eigenvalue weighted by atomic mass is 32.2. The molecule has 1 aliphatic rings. The van der Waals surface area contributed by atoms with Crippen LogP contribution in [0.5, 0.6) is 0 Å². The lowest BCUT2D eigenvalue weighted by Gasteiger charge is -2.35. The lowest BCUT2D eigenvalue weighted by molar-refractivity contribution is -0.140. The Morgan fingerprint density at radius 3 is 2.44 bits per heavy atom. The van der Waals surface area contributed by atoms with Crippen molar-refractivity contribution in [1.29, 1.82) is 0 Å². The van der Waals surface area contributed by atoms with Crippen molar-refractivity contribution >= 4 is 41.4 Å². The van der Waals surface area contributed by atoms with Gasteiger partial charge in [0.15, 0.2) is 0 Å². The van der Waals surface area contributed by atoms with Crippen LogP contribution in [0, 0.1) is 0 Å². The Morgan fingerprint density at radius 2 is 1.79 bits per heavy atom. The van der Waals surface area contributed by atoms with E-state index in [0.29, 0.717) is 17.0 Å². The zero-order valence-electron chi connectivity index (χ0n) is 22.6. The molecule has 1 aromatic carbocycles. The molecule has 1 aliphatic heterocycles. The number of benzene rings is 1. The minimum absolute atomic E-state index is 0.0585. The highest BCUT2D eigenvalue weighted by molar-refractivity contribution is 7.99. The van der Waals surface area contributed by atoms with E-state index >= 15 is 0 Å². The third-order valence-electron chi connectivity index (χ3n) is 5.96. The number of rotatable bonds is 12. The van der Waals surface area contributed by atoms with Crippen molar-refractivity contribution in [2.24, 2.45) is 0 Å². The smallest absolute Gasteiger partial charge is 0.336 e. The van der Waals surface area contributed by atoms with E-state index in [0.717, 1.165) is 10.5 Å². The number of dihydropyridines is 1. The van der Waals surface area contributed by atoms with Crippen LogP contribution < -0.4 is 10.6 Å². The van der Waals surface area contributed by atoms with Crippen molar-refractivity contribution < 1.29 is 28.6 Å². The maximum absolute atomic E-state index is 13.6. The Balaban J connectivity index is 2.20. The minimum atomic E-state index is -0.802. The fourth-order valence-corrected chi connectivity index (χ4v) is 5.51. The van der Waals surface area contributed by atoms with Crippen LogP contribution in [0.2, 0.25) is 0 Å². The molecule has 11 heteroatoms. The summed E-state index contributed by atoms with van der Waals surface area (Å²) in [4.78, 5) is 45.1. The molecule has 39 heavy (non-hydrogen) atoms. The highest BCUT2D eigenvalue weighted by Gasteiger charge is 2.42. The largest absolute Gasteiger partial charge is 0.463 e. The number of allylic oxidation sites excluding steroid dienone is 1. The molecule has 0 bridgehead atoms. The zero-order chi connectivity index (χ0) is 28.4. The number of thioether (sulfide) groups is 2. The van der Waals surface area contributed by atoms with Crippen LogP contribution in [-0.4, -0.2) is 67.6 Å². The molecule has 2 heterocycles. The number of methoxy groups -OCH3 is 1. The van der Waals surface area contributed by atoms with Crippen molar-refractivity contribution in [3.05, 3.63) is 82.5 Å². The number of nitrogens with zero attached hydrogens (tertiary/aromatic N) is 1. The van der Waals surface area contributed by atoms with Gasteiger partial charge in [-0.2, -0.15) is 0 Å². The molecule has 0 saturated heterocycles. The molecule has 1 aromatic heterocycles. The molecule has 1 amide bonds. The number of hydrogen-bond acceptors (Lipinski definition) is 10. The molecule has 2 N–H and O–H groups in total. The van der Waals surface area contributed by atoms with Gasteiger partial charge in [-0.25, -0.2) is 9.59 Å². The first-order chi connectivity index (χ1) is 18.9. The summed E-state index contributed by atoms with van der Waals surface area (Å²) in [6.45, 7) is 3.90. The first kappa shape index (κ1) is 30.3. The number of amides is 1. The van der Waals surface area contributed by atoms with Crippen LogP contribution >= 0.6 is 23.5 Å². The molecule has 0 saturated carbocycles. The van der Waals surface area contributed by atoms with Gasteiger partial charge in [-0.3, -0.25) is 9.78 Å². The predicted molar refractivity (Wildman–Crippen MR) is 152 cm³/mol. The molecule has 2 aromatic rings. The Labute approximate surface area is 237 Å². The van der Waals surface area contributed by atoms with E-state index in [1.807, 2.05) is 36.8 Å². The van der Waals surface area contributed by atoms with Gasteiger partial charge in [-0.1, -0.05) is 18.2 Å². The van der Waals surface area contributed by atoms with Gasteiger partial charge >= 0.3 is 11.9 Å². The van der Waals surface area contributed by atoms with Gasteiger partial charge in [0.1, 0.15) is 12.0 Å². The number of nitrogens with one attached hydrogen (secondary N) is 2. The molecule has 2 unspecified atom stereocenters. The second-order valence-corrected chi connectivity index (χ2v) is 10.1. The lowest BCUT2D eigenvalue weighted by atomic mass is 9.80. The zero-order valence-corrected chi connectivity index (χ0v) is 24.2. The van der Waals surface area contributed by atoms with E-state index in [-0.39, 0.29) is 36.9 Å². The lowest BCUT2D eigenvalue weighted by Crippen LogP contribution is -2.43. The van der Waals surface area contributed by atoms with Crippen molar-refractivity contribution in [3.8, 4) is 0 Å². The number of carbonyl (C=O) groups is 3. The van der Waals surface area contributed by atoms with Gasteiger partial charge in [0.05, 0.1) is 41.5 Å². The van der Waals surface area contributed by atoms with E-state index in [1.165, 1.54) is 36.8 Å². The molecule has 3 rings (SSSR count). The maximum Gasteiger partial charge on any atom is 0.336 e. The average molecular weight is 572 g/mol. The van der Waals surface area contributed by atoms with Crippen LogP contribution in [-0.2, 0) is 23.8 Å². The molecule has 0 spiro atoms. The summed E-state index contributed by atoms with van der Waals surface area (Å²) < 4.78 is 16.1. The summed E-state index contributed by atoms with van der Waals surface area (Å²) in [6.07, 6.45) is 6.81. The summed E-state index contributed by atoms with van der Waals surface area (Å²) in [6, 6.07) is 10.9. The van der Waals surface area contributed by atoms with Crippen molar-refractivity contribution in [2.75, 3.05) is 39.4 Å². The second-order valence-electron chi connectivity index (χ2n) is 8.35. The number of carbonyl (C=O) groups excluding carboxylic acids is 3. The molecule has 0 fully saturated rings. The van der Waals surface area contributed by atoms with Gasteiger partial charge in [-0.15, -0.1) is 23.5 Å². The van der Waals surface area contributed by atoms with Gasteiger partial charge in [0.2, 0.25) is 0 Å². The van der Waals surface area contributed by atoms with Crippen LogP contribution in [0.4, 0.5) is 0 Å². The molecule has 0 radical (unpaired) electrons. The summed E-state index contributed by atoms with van der Waals surface area (Å²) in [7, 11) is 1.52. The topological polar surface area (TPSA) is 116 Å². The maximum atomic E-state index is 13.6. The summed E-state index contributed by atoms with van der Waals surface area (Å²) in [5.74, 6) is -2.32. The fourth-order valence-electron chi connectivity index (χ4n) is 4.23. The van der Waals surface area contributed by atoms with Gasteiger partial charge < -0.3 is 24.8 Å². The SMILES string of the molecule is CCOC(=O)C1=C(C(NC(=O)c2cccnc2)SC)NC(C)=C(C(=O)OCCOC)C1c1ccccc1SC. The summed E-state index contributed by atoms with van der Waals surface area (Å²) in [5, 5.41) is 5.56. The van der Waals surface area contributed by atoms with E-state index < -0.39 is 23.2 Å². The first-order valence-electron chi connectivity index (χ1n) is 12.3.